The van der Waals surface area contributed by atoms with Crippen molar-refractivity contribution in [3.8, 4) is 0 Å². The molecular formula is C15H21N3O3. The van der Waals surface area contributed by atoms with Crippen LogP contribution in [0.4, 0.5) is 5.69 Å². The molecule has 6 nitrogen and oxygen atoms in total. The number of carbonyl (C=O) groups excluding carboxylic acids is 1. The summed E-state index contributed by atoms with van der Waals surface area (Å²) in [5.41, 5.74) is 0.936. The molecule has 1 aromatic carbocycles. The van der Waals surface area contributed by atoms with Crippen LogP contribution < -0.4 is 10.2 Å². The van der Waals surface area contributed by atoms with Gasteiger partial charge in [-0.05, 0) is 24.3 Å². The quantitative estimate of drug-likeness (QED) is 0.833. The van der Waals surface area contributed by atoms with E-state index in [1.54, 1.807) is 24.1 Å². The summed E-state index contributed by atoms with van der Waals surface area (Å²) in [7, 11) is 1.72. The standard InChI is InChI=1S/C15H21N3O3/c1-17(13-4-2-12(3-5-13)15(20)21)14(19)6-9-18-10-7-16-8-11-18/h2-5,16H,6-11H2,1H3,(H,20,21). The van der Waals surface area contributed by atoms with Crippen molar-refractivity contribution in [3.63, 3.8) is 0 Å². The van der Waals surface area contributed by atoms with Crippen LogP contribution in [0.2, 0.25) is 0 Å². The molecule has 1 saturated heterocycles. The first kappa shape index (κ1) is 15.5. The van der Waals surface area contributed by atoms with E-state index >= 15 is 0 Å². The number of aromatic carboxylic acids is 1. The molecule has 0 spiro atoms. The lowest BCUT2D eigenvalue weighted by Crippen LogP contribution is -2.44. The minimum absolute atomic E-state index is 0.0385. The average Bonchev–Trinajstić information content (AvgIpc) is 2.53. The number of carbonyl (C=O) groups is 2. The first-order valence-corrected chi connectivity index (χ1v) is 7.11. The Balaban J connectivity index is 1.87. The zero-order valence-electron chi connectivity index (χ0n) is 12.2. The van der Waals surface area contributed by atoms with E-state index in [0.717, 1.165) is 32.7 Å². The molecule has 1 amide bonds. The molecule has 1 fully saturated rings. The van der Waals surface area contributed by atoms with E-state index in [1.165, 1.54) is 12.1 Å². The second kappa shape index (κ2) is 7.19. The number of hydrogen-bond acceptors (Lipinski definition) is 4. The third-order valence-corrected chi connectivity index (χ3v) is 3.73. The highest BCUT2D eigenvalue weighted by Gasteiger charge is 2.15. The summed E-state index contributed by atoms with van der Waals surface area (Å²) in [5, 5.41) is 12.1. The Morgan fingerprint density at radius 1 is 1.24 bits per heavy atom. The molecule has 1 aliphatic rings. The lowest BCUT2D eigenvalue weighted by atomic mass is 10.2. The number of anilines is 1. The predicted octanol–water partition coefficient (Wildman–Crippen LogP) is 0.643. The third-order valence-electron chi connectivity index (χ3n) is 3.73. The minimum Gasteiger partial charge on any atom is -0.478 e. The molecule has 21 heavy (non-hydrogen) atoms. The predicted molar refractivity (Wildman–Crippen MR) is 80.7 cm³/mol. The van der Waals surface area contributed by atoms with Gasteiger partial charge in [-0.25, -0.2) is 4.79 Å². The maximum Gasteiger partial charge on any atom is 0.335 e. The molecule has 1 aliphatic heterocycles. The maximum absolute atomic E-state index is 12.2. The first-order valence-electron chi connectivity index (χ1n) is 7.11. The van der Waals surface area contributed by atoms with Crippen molar-refractivity contribution < 1.29 is 14.7 Å². The van der Waals surface area contributed by atoms with Crippen LogP contribution in [0.25, 0.3) is 0 Å². The lowest BCUT2D eigenvalue weighted by molar-refractivity contribution is -0.118. The van der Waals surface area contributed by atoms with E-state index in [9.17, 15) is 9.59 Å². The van der Waals surface area contributed by atoms with Crippen molar-refractivity contribution in [1.82, 2.24) is 10.2 Å². The number of benzene rings is 1. The largest absolute Gasteiger partial charge is 0.478 e. The van der Waals surface area contributed by atoms with Gasteiger partial charge < -0.3 is 20.2 Å². The Bertz CT molecular complexity index is 495. The Labute approximate surface area is 124 Å². The number of rotatable bonds is 5. The molecule has 1 aromatic rings. The highest BCUT2D eigenvalue weighted by atomic mass is 16.4. The number of carboxylic acid groups (broad SMARTS) is 1. The van der Waals surface area contributed by atoms with Gasteiger partial charge in [0.15, 0.2) is 0 Å². The Morgan fingerprint density at radius 3 is 2.43 bits per heavy atom. The summed E-state index contributed by atoms with van der Waals surface area (Å²) in [6.07, 6.45) is 0.469. The zero-order valence-corrected chi connectivity index (χ0v) is 12.2. The van der Waals surface area contributed by atoms with Crippen LogP contribution in [-0.4, -0.2) is 61.7 Å². The minimum atomic E-state index is -0.964. The summed E-state index contributed by atoms with van der Waals surface area (Å²) >= 11 is 0. The average molecular weight is 291 g/mol. The molecule has 0 aliphatic carbocycles. The molecule has 2 rings (SSSR count). The monoisotopic (exact) mass is 291 g/mol. The second-order valence-electron chi connectivity index (χ2n) is 5.15. The Kier molecular flexibility index (Phi) is 5.30. The summed E-state index contributed by atoms with van der Waals surface area (Å²) < 4.78 is 0. The number of hydrogen-bond donors (Lipinski definition) is 2. The van der Waals surface area contributed by atoms with Crippen LogP contribution in [0, 0.1) is 0 Å². The number of piperazine rings is 1. The SMILES string of the molecule is CN(C(=O)CCN1CCNCC1)c1ccc(C(=O)O)cc1. The van der Waals surface area contributed by atoms with Crippen LogP contribution >= 0.6 is 0 Å². The van der Waals surface area contributed by atoms with E-state index in [2.05, 4.69) is 10.2 Å². The summed E-state index contributed by atoms with van der Waals surface area (Å²) in [6, 6.07) is 6.34. The number of carboxylic acids is 1. The van der Waals surface area contributed by atoms with Gasteiger partial charge in [-0.2, -0.15) is 0 Å². The zero-order chi connectivity index (χ0) is 15.2. The molecule has 0 bridgehead atoms. The smallest absolute Gasteiger partial charge is 0.335 e. The topological polar surface area (TPSA) is 72.9 Å². The second-order valence-corrected chi connectivity index (χ2v) is 5.15. The summed E-state index contributed by atoms with van der Waals surface area (Å²) in [6.45, 7) is 4.66. The highest BCUT2D eigenvalue weighted by Crippen LogP contribution is 2.15. The van der Waals surface area contributed by atoms with Crippen LogP contribution in [0.1, 0.15) is 16.8 Å². The number of nitrogens with one attached hydrogen (secondary N) is 1. The number of nitrogens with zero attached hydrogens (tertiary/aromatic N) is 2. The molecule has 1 heterocycles. The van der Waals surface area contributed by atoms with Gasteiger partial charge in [0.05, 0.1) is 5.56 Å². The van der Waals surface area contributed by atoms with E-state index in [1.807, 2.05) is 0 Å². The lowest BCUT2D eigenvalue weighted by Gasteiger charge is -2.27. The fourth-order valence-electron chi connectivity index (χ4n) is 2.33. The fourth-order valence-corrected chi connectivity index (χ4v) is 2.33. The molecule has 0 saturated carbocycles. The first-order chi connectivity index (χ1) is 10.1. The van der Waals surface area contributed by atoms with Crippen LogP contribution in [0.15, 0.2) is 24.3 Å². The van der Waals surface area contributed by atoms with Crippen LogP contribution in [0.5, 0.6) is 0 Å². The molecule has 0 radical (unpaired) electrons. The third kappa shape index (κ3) is 4.27. The van der Waals surface area contributed by atoms with Gasteiger partial charge in [0, 0.05) is 51.9 Å². The van der Waals surface area contributed by atoms with Crippen LogP contribution in [0.3, 0.4) is 0 Å². The van der Waals surface area contributed by atoms with Gasteiger partial charge in [-0.15, -0.1) is 0 Å². The van der Waals surface area contributed by atoms with Crippen molar-refractivity contribution in [2.75, 3.05) is 44.7 Å². The molecule has 2 N–H and O–H groups in total. The van der Waals surface area contributed by atoms with Crippen molar-refractivity contribution in [2.24, 2.45) is 0 Å². The van der Waals surface area contributed by atoms with Gasteiger partial charge >= 0.3 is 5.97 Å². The van der Waals surface area contributed by atoms with Gasteiger partial charge in [0.1, 0.15) is 0 Å². The van der Waals surface area contributed by atoms with E-state index in [-0.39, 0.29) is 11.5 Å². The van der Waals surface area contributed by atoms with E-state index < -0.39 is 5.97 Å². The fraction of sp³-hybridized carbons (Fsp3) is 0.467. The van der Waals surface area contributed by atoms with Crippen molar-refractivity contribution in [3.05, 3.63) is 29.8 Å². The van der Waals surface area contributed by atoms with Crippen molar-refractivity contribution >= 4 is 17.6 Å². The molecule has 114 valence electrons. The van der Waals surface area contributed by atoms with Gasteiger partial charge in [-0.3, -0.25) is 4.79 Å². The van der Waals surface area contributed by atoms with Gasteiger partial charge in [0.2, 0.25) is 5.91 Å². The van der Waals surface area contributed by atoms with Crippen molar-refractivity contribution in [2.45, 2.75) is 6.42 Å². The van der Waals surface area contributed by atoms with Crippen LogP contribution in [-0.2, 0) is 4.79 Å². The number of amides is 1. The Hall–Kier alpha value is -1.92. The van der Waals surface area contributed by atoms with Gasteiger partial charge in [0.25, 0.3) is 0 Å². The molecular weight excluding hydrogens is 270 g/mol. The molecule has 0 unspecified atom stereocenters. The summed E-state index contributed by atoms with van der Waals surface area (Å²) in [5.74, 6) is -0.925. The van der Waals surface area contributed by atoms with E-state index in [4.69, 9.17) is 5.11 Å². The maximum atomic E-state index is 12.2. The summed E-state index contributed by atoms with van der Waals surface area (Å²) in [4.78, 5) is 26.8. The molecule has 6 heteroatoms. The normalized spacial score (nSPS) is 15.7. The van der Waals surface area contributed by atoms with Crippen molar-refractivity contribution in [1.29, 1.82) is 0 Å². The highest BCUT2D eigenvalue weighted by molar-refractivity contribution is 5.94. The Morgan fingerprint density at radius 2 is 1.86 bits per heavy atom. The molecule has 0 atom stereocenters. The van der Waals surface area contributed by atoms with E-state index in [0.29, 0.717) is 12.1 Å². The van der Waals surface area contributed by atoms with Gasteiger partial charge in [-0.1, -0.05) is 0 Å². The molecule has 0 aromatic heterocycles.